The van der Waals surface area contributed by atoms with Crippen molar-refractivity contribution in [3.05, 3.63) is 45.0 Å². The maximum Gasteiger partial charge on any atom is 0.341 e. The van der Waals surface area contributed by atoms with Crippen LogP contribution in [-0.2, 0) is 0 Å². The summed E-state index contributed by atoms with van der Waals surface area (Å²) in [6.07, 6.45) is 0.162. The van der Waals surface area contributed by atoms with Gasteiger partial charge in [-0.05, 0) is 12.1 Å². The molecule has 0 bridgehead atoms. The molecule has 1 N–H and O–H groups in total. The number of carboxylic acids is 1. The van der Waals surface area contributed by atoms with Crippen molar-refractivity contribution in [1.29, 1.82) is 0 Å². The second-order valence-electron chi connectivity index (χ2n) is 4.69. The lowest BCUT2D eigenvalue weighted by Crippen LogP contribution is -2.19. The molecule has 1 fully saturated rings. The number of hydrogen-bond acceptors (Lipinski definition) is 2. The van der Waals surface area contributed by atoms with Crippen molar-refractivity contribution >= 4 is 28.5 Å². The molecule has 20 heavy (non-hydrogen) atoms. The number of nitrogens with zero attached hydrogens (tertiary/aromatic N) is 1. The highest BCUT2D eigenvalue weighted by atomic mass is 35.5. The van der Waals surface area contributed by atoms with Crippen molar-refractivity contribution in [2.45, 2.75) is 18.6 Å². The second-order valence-corrected chi connectivity index (χ2v) is 5.09. The van der Waals surface area contributed by atoms with Crippen molar-refractivity contribution in [3.63, 3.8) is 0 Å². The van der Waals surface area contributed by atoms with Gasteiger partial charge in [0.1, 0.15) is 17.6 Å². The number of rotatable bonds is 2. The Bertz CT molecular complexity index is 802. The summed E-state index contributed by atoms with van der Waals surface area (Å²) in [7, 11) is 0. The van der Waals surface area contributed by atoms with Gasteiger partial charge in [0.05, 0.1) is 22.0 Å². The van der Waals surface area contributed by atoms with E-state index in [1.54, 1.807) is 0 Å². The van der Waals surface area contributed by atoms with Crippen molar-refractivity contribution in [3.8, 4) is 0 Å². The lowest BCUT2D eigenvalue weighted by molar-refractivity contribution is 0.0694. The van der Waals surface area contributed by atoms with Crippen LogP contribution in [0.4, 0.5) is 8.78 Å². The molecule has 2 aromatic rings. The number of aromatic nitrogens is 1. The van der Waals surface area contributed by atoms with Gasteiger partial charge in [0.15, 0.2) is 0 Å². The molecular weight excluding hydrogens is 292 g/mol. The number of hydrogen-bond donors (Lipinski definition) is 1. The zero-order chi connectivity index (χ0) is 14.6. The van der Waals surface area contributed by atoms with E-state index >= 15 is 0 Å². The summed E-state index contributed by atoms with van der Waals surface area (Å²) in [4.78, 5) is 23.1. The molecule has 1 aliphatic carbocycles. The van der Waals surface area contributed by atoms with Crippen molar-refractivity contribution in [2.75, 3.05) is 0 Å². The summed E-state index contributed by atoms with van der Waals surface area (Å²) >= 11 is 5.92. The van der Waals surface area contributed by atoms with E-state index in [9.17, 15) is 18.4 Å². The van der Waals surface area contributed by atoms with Crippen LogP contribution in [0.5, 0.6) is 0 Å². The van der Waals surface area contributed by atoms with E-state index in [0.29, 0.717) is 0 Å². The SMILES string of the molecule is O=C(O)c1cn([C@H]2C[C@@H]2F)c2c(Cl)cc(F)cc2c1=O. The van der Waals surface area contributed by atoms with Gasteiger partial charge in [0.2, 0.25) is 5.43 Å². The number of halogens is 3. The predicted molar refractivity (Wildman–Crippen MR) is 68.7 cm³/mol. The van der Waals surface area contributed by atoms with E-state index in [0.717, 1.165) is 18.3 Å². The highest BCUT2D eigenvalue weighted by Crippen LogP contribution is 2.41. The zero-order valence-electron chi connectivity index (χ0n) is 9.94. The number of fused-ring (bicyclic) bond motifs is 1. The summed E-state index contributed by atoms with van der Waals surface area (Å²) in [6, 6.07) is 1.36. The third-order valence-corrected chi connectivity index (χ3v) is 3.60. The minimum absolute atomic E-state index is 0.0480. The molecule has 2 atom stereocenters. The molecule has 0 radical (unpaired) electrons. The fourth-order valence-electron chi connectivity index (χ4n) is 2.26. The summed E-state index contributed by atoms with van der Waals surface area (Å²) in [6.45, 7) is 0. The average Bonchev–Trinajstić information content (AvgIpc) is 3.07. The Morgan fingerprint density at radius 1 is 1.45 bits per heavy atom. The van der Waals surface area contributed by atoms with Gasteiger partial charge in [-0.25, -0.2) is 13.6 Å². The van der Waals surface area contributed by atoms with Gasteiger partial charge in [0.25, 0.3) is 0 Å². The Hall–Kier alpha value is -1.95. The second kappa shape index (κ2) is 4.28. The molecule has 0 unspecified atom stereocenters. The van der Waals surface area contributed by atoms with Crippen LogP contribution in [0.2, 0.25) is 5.02 Å². The molecule has 3 rings (SSSR count). The van der Waals surface area contributed by atoms with Gasteiger partial charge in [-0.3, -0.25) is 4.79 Å². The van der Waals surface area contributed by atoms with Crippen LogP contribution < -0.4 is 5.43 Å². The van der Waals surface area contributed by atoms with E-state index in [1.165, 1.54) is 4.57 Å². The summed E-state index contributed by atoms with van der Waals surface area (Å²) in [5.41, 5.74) is -1.20. The third kappa shape index (κ3) is 1.87. The van der Waals surface area contributed by atoms with E-state index in [4.69, 9.17) is 16.7 Å². The normalized spacial score (nSPS) is 21.1. The number of benzene rings is 1. The molecule has 0 amide bonds. The first-order chi connectivity index (χ1) is 9.40. The largest absolute Gasteiger partial charge is 0.477 e. The Balaban J connectivity index is 2.45. The summed E-state index contributed by atoms with van der Waals surface area (Å²) in [5.74, 6) is -2.19. The Morgan fingerprint density at radius 2 is 2.10 bits per heavy atom. The fourth-order valence-corrected chi connectivity index (χ4v) is 2.57. The first-order valence-electron chi connectivity index (χ1n) is 5.81. The van der Waals surface area contributed by atoms with E-state index < -0.39 is 35.0 Å². The van der Waals surface area contributed by atoms with Crippen LogP contribution in [-0.4, -0.2) is 21.8 Å². The molecule has 1 saturated carbocycles. The van der Waals surface area contributed by atoms with Gasteiger partial charge in [-0.1, -0.05) is 11.6 Å². The molecule has 1 aromatic heterocycles. The minimum atomic E-state index is -1.44. The van der Waals surface area contributed by atoms with Gasteiger partial charge in [-0.15, -0.1) is 0 Å². The van der Waals surface area contributed by atoms with Gasteiger partial charge in [0, 0.05) is 12.6 Å². The van der Waals surface area contributed by atoms with E-state index in [-0.39, 0.29) is 22.3 Å². The molecule has 0 spiro atoms. The number of carbonyl (C=O) groups is 1. The Morgan fingerprint density at radius 3 is 2.65 bits per heavy atom. The quantitative estimate of drug-likeness (QED) is 0.927. The van der Waals surface area contributed by atoms with Crippen molar-refractivity contribution in [1.82, 2.24) is 4.57 Å². The number of aromatic carboxylic acids is 1. The molecule has 4 nitrogen and oxygen atoms in total. The molecule has 1 heterocycles. The minimum Gasteiger partial charge on any atom is -0.477 e. The third-order valence-electron chi connectivity index (χ3n) is 3.31. The van der Waals surface area contributed by atoms with Crippen LogP contribution in [0.3, 0.4) is 0 Å². The lowest BCUT2D eigenvalue weighted by Gasteiger charge is -2.12. The molecule has 1 aromatic carbocycles. The van der Waals surface area contributed by atoms with Gasteiger partial charge in [-0.2, -0.15) is 0 Å². The average molecular weight is 300 g/mol. The zero-order valence-corrected chi connectivity index (χ0v) is 10.7. The monoisotopic (exact) mass is 299 g/mol. The molecule has 0 saturated heterocycles. The topological polar surface area (TPSA) is 59.3 Å². The summed E-state index contributed by atoms with van der Waals surface area (Å²) in [5, 5.41) is 8.82. The first-order valence-corrected chi connectivity index (χ1v) is 6.19. The molecule has 1 aliphatic rings. The van der Waals surface area contributed by atoms with Crippen LogP contribution >= 0.6 is 11.6 Å². The first kappa shape index (κ1) is 13.1. The predicted octanol–water partition coefficient (Wildman–Crippen LogP) is 2.78. The fraction of sp³-hybridized carbons (Fsp3) is 0.231. The smallest absolute Gasteiger partial charge is 0.341 e. The van der Waals surface area contributed by atoms with Crippen LogP contribution in [0.25, 0.3) is 10.9 Å². The summed E-state index contributed by atoms with van der Waals surface area (Å²) < 4.78 is 28.0. The van der Waals surface area contributed by atoms with Gasteiger partial charge >= 0.3 is 5.97 Å². The number of carboxylic acid groups (broad SMARTS) is 1. The van der Waals surface area contributed by atoms with Crippen molar-refractivity contribution in [2.24, 2.45) is 0 Å². The molecule has 104 valence electrons. The van der Waals surface area contributed by atoms with Crippen molar-refractivity contribution < 1.29 is 18.7 Å². The Kier molecular flexibility index (Phi) is 2.79. The molecule has 0 aliphatic heterocycles. The van der Waals surface area contributed by atoms with Gasteiger partial charge < -0.3 is 9.67 Å². The van der Waals surface area contributed by atoms with Crippen LogP contribution in [0.1, 0.15) is 22.8 Å². The molecule has 7 heteroatoms. The van der Waals surface area contributed by atoms with Crippen LogP contribution in [0, 0.1) is 5.82 Å². The van der Waals surface area contributed by atoms with Crippen LogP contribution in [0.15, 0.2) is 23.1 Å². The molecular formula is C13H8ClF2NO3. The number of pyridine rings is 1. The van der Waals surface area contributed by atoms with E-state index in [1.807, 2.05) is 0 Å². The lowest BCUT2D eigenvalue weighted by atomic mass is 10.1. The maximum absolute atomic E-state index is 13.4. The standard InChI is InChI=1S/C13H8ClF2NO3/c14-8-2-5(15)1-6-11(8)17(10-3-9(10)16)4-7(12(6)18)13(19)20/h1-2,4,9-10H,3H2,(H,19,20)/t9-,10-/m0/s1. The number of alkyl halides is 1. The van der Waals surface area contributed by atoms with E-state index in [2.05, 4.69) is 0 Å². The highest BCUT2D eigenvalue weighted by molar-refractivity contribution is 6.35. The highest BCUT2D eigenvalue weighted by Gasteiger charge is 2.40. The maximum atomic E-state index is 13.4. The Labute approximate surface area is 116 Å².